The molecule has 2 aliphatic carbocycles. The van der Waals surface area contributed by atoms with Gasteiger partial charge in [0.05, 0.1) is 17.2 Å². The predicted molar refractivity (Wildman–Crippen MR) is 98.9 cm³/mol. The fraction of sp³-hybridized carbons (Fsp3) is 0.524. The minimum absolute atomic E-state index is 0.0394. The fourth-order valence-electron chi connectivity index (χ4n) is 4.27. The van der Waals surface area contributed by atoms with Crippen molar-refractivity contribution in [1.82, 2.24) is 10.3 Å². The van der Waals surface area contributed by atoms with E-state index in [-0.39, 0.29) is 18.1 Å². The second-order valence-electron chi connectivity index (χ2n) is 7.62. The summed E-state index contributed by atoms with van der Waals surface area (Å²) in [6, 6.07) is 6.36. The van der Waals surface area contributed by atoms with Gasteiger partial charge < -0.3 is 10.4 Å². The Kier molecular flexibility index (Phi) is 4.46. The van der Waals surface area contributed by atoms with E-state index in [1.54, 1.807) is 0 Å². The van der Waals surface area contributed by atoms with Crippen LogP contribution < -0.4 is 5.32 Å². The molecule has 132 valence electrons. The number of aromatic nitrogens is 1. The Labute approximate surface area is 148 Å². The smallest absolute Gasteiger partial charge is 0.252 e. The van der Waals surface area contributed by atoms with Crippen LogP contribution in [-0.4, -0.2) is 28.1 Å². The number of rotatable bonds is 2. The first-order valence-electron chi connectivity index (χ1n) is 9.53. The Morgan fingerprint density at radius 3 is 2.72 bits per heavy atom. The molecule has 0 unspecified atom stereocenters. The van der Waals surface area contributed by atoms with E-state index in [9.17, 15) is 9.90 Å². The summed E-state index contributed by atoms with van der Waals surface area (Å²) in [6.07, 6.45) is 7.26. The Morgan fingerprint density at radius 1 is 1.16 bits per heavy atom. The summed E-state index contributed by atoms with van der Waals surface area (Å²) in [5, 5.41) is 13.9. The number of aryl methyl sites for hydroxylation is 2. The number of benzene rings is 1. The topological polar surface area (TPSA) is 62.2 Å². The van der Waals surface area contributed by atoms with Gasteiger partial charge in [0.25, 0.3) is 5.91 Å². The molecule has 1 heterocycles. The summed E-state index contributed by atoms with van der Waals surface area (Å²) in [7, 11) is 0. The molecule has 0 bridgehead atoms. The zero-order valence-corrected chi connectivity index (χ0v) is 14.8. The molecule has 0 saturated heterocycles. The number of hydrogen-bond acceptors (Lipinski definition) is 3. The monoisotopic (exact) mass is 338 g/mol. The number of fused-ring (bicyclic) bond motifs is 2. The van der Waals surface area contributed by atoms with Crippen molar-refractivity contribution in [3.63, 3.8) is 0 Å². The number of nitrogens with zero attached hydrogens (tertiary/aromatic N) is 1. The molecule has 1 aromatic carbocycles. The van der Waals surface area contributed by atoms with Crippen LogP contribution in [0.3, 0.4) is 0 Å². The number of aliphatic hydroxyl groups is 1. The predicted octanol–water partition coefficient (Wildman–Crippen LogP) is 3.46. The SMILES string of the molecule is Cc1ccc2nc3c(c(C(=O)NC4CCC(O)CC4)c2c1)CCCC3. The lowest BCUT2D eigenvalue weighted by atomic mass is 9.88. The number of amides is 1. The van der Waals surface area contributed by atoms with Crippen molar-refractivity contribution in [1.29, 1.82) is 0 Å². The Hall–Kier alpha value is -1.94. The molecule has 1 aromatic heterocycles. The van der Waals surface area contributed by atoms with Gasteiger partial charge in [-0.3, -0.25) is 9.78 Å². The lowest BCUT2D eigenvalue weighted by molar-refractivity contribution is 0.0868. The molecule has 2 aromatic rings. The quantitative estimate of drug-likeness (QED) is 0.881. The standard InChI is InChI=1S/C21H26N2O2/c1-13-6-11-19-17(12-13)20(16-4-2-3-5-18(16)23-19)21(25)22-14-7-9-15(24)10-8-14/h6,11-12,14-15,24H,2-5,7-10H2,1H3,(H,22,25). The van der Waals surface area contributed by atoms with Gasteiger partial charge in [0, 0.05) is 17.1 Å². The van der Waals surface area contributed by atoms with E-state index in [0.29, 0.717) is 0 Å². The van der Waals surface area contributed by atoms with Gasteiger partial charge in [-0.25, -0.2) is 0 Å². The zero-order chi connectivity index (χ0) is 17.4. The number of aliphatic hydroxyl groups excluding tert-OH is 1. The van der Waals surface area contributed by atoms with Gasteiger partial charge in [0.1, 0.15) is 0 Å². The van der Waals surface area contributed by atoms with Crippen LogP contribution in [0.1, 0.15) is 65.7 Å². The van der Waals surface area contributed by atoms with Crippen LogP contribution in [0, 0.1) is 6.92 Å². The Morgan fingerprint density at radius 2 is 1.92 bits per heavy atom. The Balaban J connectivity index is 1.73. The van der Waals surface area contributed by atoms with Gasteiger partial charge >= 0.3 is 0 Å². The summed E-state index contributed by atoms with van der Waals surface area (Å²) < 4.78 is 0. The maximum absolute atomic E-state index is 13.2. The highest BCUT2D eigenvalue weighted by molar-refractivity contribution is 6.08. The number of carbonyl (C=O) groups is 1. The number of nitrogens with one attached hydrogen (secondary N) is 1. The van der Waals surface area contributed by atoms with Crippen LogP contribution in [0.2, 0.25) is 0 Å². The van der Waals surface area contributed by atoms with Crippen molar-refractivity contribution in [2.24, 2.45) is 0 Å². The van der Waals surface area contributed by atoms with Crippen LogP contribution in [-0.2, 0) is 12.8 Å². The number of hydrogen-bond donors (Lipinski definition) is 2. The molecule has 0 radical (unpaired) electrons. The first-order valence-corrected chi connectivity index (χ1v) is 9.53. The van der Waals surface area contributed by atoms with Crippen LogP contribution in [0.15, 0.2) is 18.2 Å². The molecule has 4 nitrogen and oxygen atoms in total. The molecule has 4 rings (SSSR count). The second kappa shape index (κ2) is 6.75. The summed E-state index contributed by atoms with van der Waals surface area (Å²) in [6.45, 7) is 2.06. The first kappa shape index (κ1) is 16.5. The van der Waals surface area contributed by atoms with E-state index in [1.807, 2.05) is 6.07 Å². The lowest BCUT2D eigenvalue weighted by Crippen LogP contribution is -2.39. The third-order valence-corrected chi connectivity index (χ3v) is 5.68. The second-order valence-corrected chi connectivity index (χ2v) is 7.62. The molecule has 1 amide bonds. The van der Waals surface area contributed by atoms with Crippen molar-refractivity contribution in [2.75, 3.05) is 0 Å². The van der Waals surface area contributed by atoms with Crippen molar-refractivity contribution in [2.45, 2.75) is 70.4 Å². The average Bonchev–Trinajstić information content (AvgIpc) is 2.61. The van der Waals surface area contributed by atoms with Crippen LogP contribution in [0.5, 0.6) is 0 Å². The van der Waals surface area contributed by atoms with E-state index < -0.39 is 0 Å². The van der Waals surface area contributed by atoms with Crippen LogP contribution >= 0.6 is 0 Å². The van der Waals surface area contributed by atoms with Gasteiger partial charge in [0.15, 0.2) is 0 Å². The van der Waals surface area contributed by atoms with Crippen molar-refractivity contribution in [3.8, 4) is 0 Å². The largest absolute Gasteiger partial charge is 0.393 e. The highest BCUT2D eigenvalue weighted by Crippen LogP contribution is 2.30. The molecular weight excluding hydrogens is 312 g/mol. The van der Waals surface area contributed by atoms with Gasteiger partial charge in [-0.2, -0.15) is 0 Å². The highest BCUT2D eigenvalue weighted by atomic mass is 16.3. The number of pyridine rings is 1. The van der Waals surface area contributed by atoms with Crippen molar-refractivity contribution < 1.29 is 9.90 Å². The summed E-state index contributed by atoms with van der Waals surface area (Å²) >= 11 is 0. The van der Waals surface area contributed by atoms with E-state index in [0.717, 1.165) is 84.7 Å². The van der Waals surface area contributed by atoms with E-state index >= 15 is 0 Å². The normalized spacial score (nSPS) is 23.3. The molecule has 0 atom stereocenters. The third kappa shape index (κ3) is 3.28. The van der Waals surface area contributed by atoms with Crippen molar-refractivity contribution in [3.05, 3.63) is 40.6 Å². The maximum Gasteiger partial charge on any atom is 0.252 e. The molecule has 4 heteroatoms. The average molecular weight is 338 g/mol. The van der Waals surface area contributed by atoms with Gasteiger partial charge in [-0.15, -0.1) is 0 Å². The Bertz CT molecular complexity index is 807. The van der Waals surface area contributed by atoms with E-state index in [4.69, 9.17) is 4.98 Å². The zero-order valence-electron chi connectivity index (χ0n) is 14.8. The minimum Gasteiger partial charge on any atom is -0.393 e. The van der Waals surface area contributed by atoms with E-state index in [2.05, 4.69) is 24.4 Å². The maximum atomic E-state index is 13.2. The minimum atomic E-state index is -0.203. The first-order chi connectivity index (χ1) is 12.1. The van der Waals surface area contributed by atoms with Gasteiger partial charge in [0.2, 0.25) is 0 Å². The lowest BCUT2D eigenvalue weighted by Gasteiger charge is -2.27. The van der Waals surface area contributed by atoms with Crippen LogP contribution in [0.25, 0.3) is 10.9 Å². The molecule has 0 aliphatic heterocycles. The van der Waals surface area contributed by atoms with Crippen LogP contribution in [0.4, 0.5) is 0 Å². The molecule has 25 heavy (non-hydrogen) atoms. The van der Waals surface area contributed by atoms with Gasteiger partial charge in [-0.1, -0.05) is 11.6 Å². The number of carbonyl (C=O) groups excluding carboxylic acids is 1. The molecule has 0 spiro atoms. The summed E-state index contributed by atoms with van der Waals surface area (Å²) in [4.78, 5) is 18.0. The fourth-order valence-corrected chi connectivity index (χ4v) is 4.27. The summed E-state index contributed by atoms with van der Waals surface area (Å²) in [5.74, 6) is 0.0394. The molecule has 2 aliphatic rings. The van der Waals surface area contributed by atoms with Crippen molar-refractivity contribution >= 4 is 16.8 Å². The molecular formula is C21H26N2O2. The molecule has 2 N–H and O–H groups in total. The summed E-state index contributed by atoms with van der Waals surface area (Å²) in [5.41, 5.74) is 5.18. The van der Waals surface area contributed by atoms with E-state index in [1.165, 1.54) is 0 Å². The highest BCUT2D eigenvalue weighted by Gasteiger charge is 2.26. The molecule has 1 saturated carbocycles. The van der Waals surface area contributed by atoms with Gasteiger partial charge in [-0.05, 0) is 76.0 Å². The third-order valence-electron chi connectivity index (χ3n) is 5.68. The molecule has 1 fully saturated rings.